The van der Waals surface area contributed by atoms with E-state index in [1.807, 2.05) is 19.9 Å². The number of carbonyl (C=O) groups excluding carboxylic acids is 3. The average molecular weight is 277 g/mol. The molecule has 0 radical (unpaired) electrons. The van der Waals surface area contributed by atoms with E-state index in [2.05, 4.69) is 5.32 Å². The second kappa shape index (κ2) is 6.84. The molecule has 1 amide bonds. The van der Waals surface area contributed by atoms with Crippen LogP contribution in [0.4, 0.5) is 5.69 Å². The summed E-state index contributed by atoms with van der Waals surface area (Å²) in [6.07, 6.45) is 0. The van der Waals surface area contributed by atoms with Gasteiger partial charge in [-0.3, -0.25) is 9.59 Å². The normalized spacial score (nSPS) is 10.2. The highest BCUT2D eigenvalue weighted by Crippen LogP contribution is 2.23. The molecular weight excluding hydrogens is 258 g/mol. The van der Waals surface area contributed by atoms with Crippen LogP contribution in [0.15, 0.2) is 18.2 Å². The highest BCUT2D eigenvalue weighted by atomic mass is 16.5. The third kappa shape index (κ3) is 3.91. The number of amides is 1. The first kappa shape index (κ1) is 15.9. The van der Waals surface area contributed by atoms with E-state index in [9.17, 15) is 14.4 Å². The molecule has 0 spiro atoms. The van der Waals surface area contributed by atoms with Gasteiger partial charge in [-0.15, -0.1) is 0 Å². The van der Waals surface area contributed by atoms with Crippen molar-refractivity contribution in [1.29, 1.82) is 0 Å². The maximum Gasteiger partial charge on any atom is 0.379 e. The number of esters is 1. The van der Waals surface area contributed by atoms with Gasteiger partial charge >= 0.3 is 5.97 Å². The van der Waals surface area contributed by atoms with Gasteiger partial charge in [-0.1, -0.05) is 19.9 Å². The van der Waals surface area contributed by atoms with E-state index < -0.39 is 11.8 Å². The lowest BCUT2D eigenvalue weighted by molar-refractivity contribution is -0.137. The van der Waals surface area contributed by atoms with Crippen LogP contribution in [0.3, 0.4) is 0 Å². The Kier molecular flexibility index (Phi) is 5.43. The van der Waals surface area contributed by atoms with Gasteiger partial charge in [0, 0.05) is 6.92 Å². The fourth-order valence-electron chi connectivity index (χ4n) is 1.71. The van der Waals surface area contributed by atoms with Crippen LogP contribution in [0, 0.1) is 0 Å². The summed E-state index contributed by atoms with van der Waals surface area (Å²) in [5, 5.41) is 2.55. The Hall–Kier alpha value is -2.17. The molecule has 0 heterocycles. The molecule has 0 atom stereocenters. The van der Waals surface area contributed by atoms with Crippen molar-refractivity contribution >= 4 is 23.3 Å². The van der Waals surface area contributed by atoms with Gasteiger partial charge in [-0.2, -0.15) is 0 Å². The first-order valence-corrected chi connectivity index (χ1v) is 6.49. The largest absolute Gasteiger partial charge is 0.460 e. The molecule has 0 unspecified atom stereocenters. The van der Waals surface area contributed by atoms with Crippen molar-refractivity contribution in [3.05, 3.63) is 29.3 Å². The number of benzene rings is 1. The highest BCUT2D eigenvalue weighted by molar-refractivity contribution is 6.42. The molecule has 0 aromatic heterocycles. The highest BCUT2D eigenvalue weighted by Gasteiger charge is 2.22. The Morgan fingerprint density at radius 2 is 1.90 bits per heavy atom. The molecule has 108 valence electrons. The van der Waals surface area contributed by atoms with Gasteiger partial charge in [-0.25, -0.2) is 4.79 Å². The van der Waals surface area contributed by atoms with Crippen LogP contribution in [0.5, 0.6) is 0 Å². The molecule has 1 aromatic carbocycles. The number of nitrogens with one attached hydrogen (secondary N) is 1. The molecule has 5 nitrogen and oxygen atoms in total. The third-order valence-electron chi connectivity index (χ3n) is 2.73. The summed E-state index contributed by atoms with van der Waals surface area (Å²) >= 11 is 0. The maximum atomic E-state index is 12.1. The van der Waals surface area contributed by atoms with Gasteiger partial charge in [0.2, 0.25) is 5.91 Å². The van der Waals surface area contributed by atoms with Crippen molar-refractivity contribution < 1.29 is 19.1 Å². The molecule has 20 heavy (non-hydrogen) atoms. The van der Waals surface area contributed by atoms with E-state index in [-0.39, 0.29) is 24.0 Å². The van der Waals surface area contributed by atoms with Gasteiger partial charge in [-0.05, 0) is 30.5 Å². The van der Waals surface area contributed by atoms with Crippen molar-refractivity contribution in [3.63, 3.8) is 0 Å². The molecule has 0 saturated carbocycles. The number of carbonyl (C=O) groups is 3. The van der Waals surface area contributed by atoms with E-state index in [1.165, 1.54) is 6.92 Å². The number of hydrogen-bond acceptors (Lipinski definition) is 4. The fraction of sp³-hybridized carbons (Fsp3) is 0.400. The zero-order chi connectivity index (χ0) is 15.3. The summed E-state index contributed by atoms with van der Waals surface area (Å²) in [5.41, 5.74) is 1.39. The quantitative estimate of drug-likeness (QED) is 0.510. The Morgan fingerprint density at radius 3 is 2.40 bits per heavy atom. The molecule has 0 aliphatic heterocycles. The minimum absolute atomic E-state index is 0.129. The van der Waals surface area contributed by atoms with Crippen LogP contribution in [0.25, 0.3) is 0 Å². The standard InChI is InChI=1S/C15H19NO4/c1-5-20-15(19)14(18)12-8-11(9(2)3)6-7-13(12)16-10(4)17/h6-9H,5H2,1-4H3,(H,16,17). The van der Waals surface area contributed by atoms with Crippen LogP contribution in [0.2, 0.25) is 0 Å². The van der Waals surface area contributed by atoms with Crippen LogP contribution in [-0.2, 0) is 14.3 Å². The van der Waals surface area contributed by atoms with Crippen molar-refractivity contribution in [3.8, 4) is 0 Å². The number of anilines is 1. The monoisotopic (exact) mass is 277 g/mol. The number of Topliss-reactive ketones (excluding diaryl/α,β-unsaturated/α-hetero) is 1. The summed E-state index contributed by atoms with van der Waals surface area (Å²) in [6.45, 7) is 7.06. The Labute approximate surface area is 118 Å². The Bertz CT molecular complexity index is 535. The summed E-state index contributed by atoms with van der Waals surface area (Å²) in [4.78, 5) is 34.8. The molecule has 5 heteroatoms. The van der Waals surface area contributed by atoms with E-state index >= 15 is 0 Å². The maximum absolute atomic E-state index is 12.1. The predicted molar refractivity (Wildman–Crippen MR) is 75.8 cm³/mol. The van der Waals surface area contributed by atoms with Crippen LogP contribution in [0.1, 0.15) is 49.5 Å². The Balaban J connectivity index is 3.23. The van der Waals surface area contributed by atoms with E-state index in [0.29, 0.717) is 5.69 Å². The number of hydrogen-bond donors (Lipinski definition) is 1. The third-order valence-corrected chi connectivity index (χ3v) is 2.73. The van der Waals surface area contributed by atoms with Crippen molar-refractivity contribution in [2.24, 2.45) is 0 Å². The van der Waals surface area contributed by atoms with Gasteiger partial charge < -0.3 is 10.1 Å². The summed E-state index contributed by atoms with van der Waals surface area (Å²) in [5.74, 6) is -1.77. The molecule has 0 saturated heterocycles. The second-order valence-corrected chi connectivity index (χ2v) is 4.69. The number of ketones is 1. The number of ether oxygens (including phenoxy) is 1. The SMILES string of the molecule is CCOC(=O)C(=O)c1cc(C(C)C)ccc1NC(C)=O. The zero-order valence-corrected chi connectivity index (χ0v) is 12.1. The van der Waals surface area contributed by atoms with Gasteiger partial charge in [0.15, 0.2) is 0 Å². The lowest BCUT2D eigenvalue weighted by Gasteiger charge is -2.12. The smallest absolute Gasteiger partial charge is 0.379 e. The minimum Gasteiger partial charge on any atom is -0.460 e. The van der Waals surface area contributed by atoms with Crippen LogP contribution >= 0.6 is 0 Å². The lowest BCUT2D eigenvalue weighted by Crippen LogP contribution is -2.20. The Morgan fingerprint density at radius 1 is 1.25 bits per heavy atom. The first-order chi connectivity index (χ1) is 9.36. The summed E-state index contributed by atoms with van der Waals surface area (Å²) < 4.78 is 4.72. The molecule has 0 bridgehead atoms. The molecule has 1 N–H and O–H groups in total. The fourth-order valence-corrected chi connectivity index (χ4v) is 1.71. The zero-order valence-electron chi connectivity index (χ0n) is 12.1. The van der Waals surface area contributed by atoms with Crippen LogP contribution < -0.4 is 5.32 Å². The van der Waals surface area contributed by atoms with E-state index in [0.717, 1.165) is 5.56 Å². The van der Waals surface area contributed by atoms with Crippen molar-refractivity contribution in [2.75, 3.05) is 11.9 Å². The van der Waals surface area contributed by atoms with Crippen molar-refractivity contribution in [2.45, 2.75) is 33.6 Å². The first-order valence-electron chi connectivity index (χ1n) is 6.49. The molecule has 1 aromatic rings. The van der Waals surface area contributed by atoms with Crippen LogP contribution in [-0.4, -0.2) is 24.3 Å². The molecular formula is C15H19NO4. The van der Waals surface area contributed by atoms with E-state index in [4.69, 9.17) is 4.74 Å². The van der Waals surface area contributed by atoms with Gasteiger partial charge in [0.1, 0.15) is 0 Å². The summed E-state index contributed by atoms with van der Waals surface area (Å²) in [7, 11) is 0. The van der Waals surface area contributed by atoms with Gasteiger partial charge in [0.25, 0.3) is 5.78 Å². The lowest BCUT2D eigenvalue weighted by atomic mass is 9.97. The molecule has 0 aliphatic carbocycles. The topological polar surface area (TPSA) is 72.5 Å². The molecule has 0 fully saturated rings. The second-order valence-electron chi connectivity index (χ2n) is 4.69. The molecule has 1 rings (SSSR count). The van der Waals surface area contributed by atoms with Crippen molar-refractivity contribution in [1.82, 2.24) is 0 Å². The predicted octanol–water partition coefficient (Wildman–Crippen LogP) is 2.51. The van der Waals surface area contributed by atoms with E-state index in [1.54, 1.807) is 19.1 Å². The number of rotatable bonds is 5. The minimum atomic E-state index is -0.917. The molecule has 0 aliphatic rings. The van der Waals surface area contributed by atoms with Gasteiger partial charge in [0.05, 0.1) is 17.9 Å². The summed E-state index contributed by atoms with van der Waals surface area (Å²) in [6, 6.07) is 5.07. The average Bonchev–Trinajstić information content (AvgIpc) is 2.37.